The predicted octanol–water partition coefficient (Wildman–Crippen LogP) is 4.22. The number of rotatable bonds is 7. The van der Waals surface area contributed by atoms with Gasteiger partial charge in [0, 0.05) is 13.7 Å². The third-order valence-electron chi connectivity index (χ3n) is 5.06. The Hall–Kier alpha value is -2.81. The van der Waals surface area contributed by atoms with Crippen LogP contribution in [0.4, 0.5) is 4.39 Å². The minimum Gasteiger partial charge on any atom is -0.507 e. The average Bonchev–Trinajstić information content (AvgIpc) is 3.02. The first-order valence-corrected chi connectivity index (χ1v) is 10.2. The quantitative estimate of drug-likeness (QED) is 0.360. The molecule has 3 rings (SSSR count). The molecule has 0 saturated carbocycles. The van der Waals surface area contributed by atoms with Crippen molar-refractivity contribution in [2.45, 2.75) is 6.04 Å². The van der Waals surface area contributed by atoms with E-state index in [4.69, 9.17) is 37.4 Å². The van der Waals surface area contributed by atoms with Gasteiger partial charge in [0.1, 0.15) is 16.6 Å². The van der Waals surface area contributed by atoms with E-state index in [0.717, 1.165) is 0 Å². The van der Waals surface area contributed by atoms with Crippen molar-refractivity contribution in [3.63, 3.8) is 0 Å². The molecular weight excluding hydrogens is 464 g/mol. The Bertz CT molecular complexity index is 1090. The van der Waals surface area contributed by atoms with Crippen LogP contribution in [0.1, 0.15) is 17.2 Å². The molecule has 2 aromatic rings. The Morgan fingerprint density at radius 1 is 1.09 bits per heavy atom. The minimum absolute atomic E-state index is 0.000142. The summed E-state index contributed by atoms with van der Waals surface area (Å²) < 4.78 is 29.1. The normalized spacial score (nSPS) is 17.7. The highest BCUT2D eigenvalue weighted by Crippen LogP contribution is 2.47. The second-order valence-electron chi connectivity index (χ2n) is 6.82. The van der Waals surface area contributed by atoms with E-state index in [1.54, 1.807) is 0 Å². The van der Waals surface area contributed by atoms with E-state index in [0.29, 0.717) is 5.56 Å². The maximum absolute atomic E-state index is 13.5. The van der Waals surface area contributed by atoms with Gasteiger partial charge in [-0.3, -0.25) is 9.59 Å². The summed E-state index contributed by atoms with van der Waals surface area (Å²) in [7, 11) is 4.14. The highest BCUT2D eigenvalue weighted by molar-refractivity contribution is 6.47. The third-order valence-corrected chi connectivity index (χ3v) is 5.68. The zero-order valence-electron chi connectivity index (χ0n) is 17.4. The fourth-order valence-corrected chi connectivity index (χ4v) is 4.27. The molecule has 1 amide bonds. The number of hydrogen-bond donors (Lipinski definition) is 1. The Morgan fingerprint density at radius 2 is 1.72 bits per heavy atom. The van der Waals surface area contributed by atoms with Gasteiger partial charge < -0.3 is 24.2 Å². The maximum atomic E-state index is 13.5. The molecule has 1 aliphatic heterocycles. The highest BCUT2D eigenvalue weighted by Gasteiger charge is 2.46. The molecular formula is C22H20Cl2FNO6. The lowest BCUT2D eigenvalue weighted by molar-refractivity contribution is -0.140. The molecule has 1 saturated heterocycles. The third kappa shape index (κ3) is 4.13. The van der Waals surface area contributed by atoms with Gasteiger partial charge in [0.2, 0.25) is 0 Å². The SMILES string of the molecule is COCCN1C(=O)C(=O)/C(=C(/O)c2cc(Cl)c(OC)c(Cl)c2OC)C1c1ccc(F)cc1. The smallest absolute Gasteiger partial charge is 0.295 e. The molecule has 0 aromatic heterocycles. The summed E-state index contributed by atoms with van der Waals surface area (Å²) in [4.78, 5) is 27.0. The van der Waals surface area contributed by atoms with Crippen LogP contribution in [0, 0.1) is 5.82 Å². The number of ketones is 1. The Kier molecular flexibility index (Phi) is 7.28. The fourth-order valence-electron chi connectivity index (χ4n) is 3.58. The van der Waals surface area contributed by atoms with E-state index >= 15 is 0 Å². The summed E-state index contributed by atoms with van der Waals surface area (Å²) in [6, 6.07) is 5.61. The zero-order chi connectivity index (χ0) is 23.6. The lowest BCUT2D eigenvalue weighted by Gasteiger charge is -2.25. The van der Waals surface area contributed by atoms with E-state index in [9.17, 15) is 19.1 Å². The lowest BCUT2D eigenvalue weighted by Crippen LogP contribution is -2.32. The van der Waals surface area contributed by atoms with Gasteiger partial charge in [0.05, 0.1) is 43.0 Å². The van der Waals surface area contributed by atoms with Crippen molar-refractivity contribution in [1.82, 2.24) is 4.90 Å². The number of ether oxygens (including phenoxy) is 3. The summed E-state index contributed by atoms with van der Waals surface area (Å²) in [6.45, 7) is 0.218. The molecule has 7 nitrogen and oxygen atoms in total. The van der Waals surface area contributed by atoms with Crippen LogP contribution in [0.15, 0.2) is 35.9 Å². The van der Waals surface area contributed by atoms with Crippen molar-refractivity contribution in [3.8, 4) is 11.5 Å². The van der Waals surface area contributed by atoms with E-state index in [1.807, 2.05) is 0 Å². The molecule has 10 heteroatoms. The van der Waals surface area contributed by atoms with E-state index in [2.05, 4.69) is 0 Å². The number of Topliss-reactive ketones (excluding diaryl/α,β-unsaturated/α-hetero) is 1. The summed E-state index contributed by atoms with van der Waals surface area (Å²) in [5, 5.41) is 11.2. The second-order valence-corrected chi connectivity index (χ2v) is 7.61. The molecule has 1 N–H and O–H groups in total. The molecule has 1 heterocycles. The van der Waals surface area contributed by atoms with Crippen molar-refractivity contribution in [3.05, 3.63) is 62.9 Å². The first kappa shape index (κ1) is 23.8. The van der Waals surface area contributed by atoms with Crippen LogP contribution in [0.2, 0.25) is 10.0 Å². The topological polar surface area (TPSA) is 85.3 Å². The molecule has 0 radical (unpaired) electrons. The monoisotopic (exact) mass is 483 g/mol. The molecule has 1 aliphatic rings. The maximum Gasteiger partial charge on any atom is 0.295 e. The number of aliphatic hydroxyl groups is 1. The van der Waals surface area contributed by atoms with E-state index in [-0.39, 0.29) is 45.8 Å². The average molecular weight is 484 g/mol. The molecule has 0 spiro atoms. The number of benzene rings is 2. The number of hydrogen-bond acceptors (Lipinski definition) is 6. The zero-order valence-corrected chi connectivity index (χ0v) is 19.0. The van der Waals surface area contributed by atoms with Crippen LogP contribution in [0.25, 0.3) is 5.76 Å². The van der Waals surface area contributed by atoms with Gasteiger partial charge >= 0.3 is 0 Å². The Labute approximate surface area is 193 Å². The van der Waals surface area contributed by atoms with Gasteiger partial charge in [0.15, 0.2) is 11.5 Å². The van der Waals surface area contributed by atoms with Crippen LogP contribution < -0.4 is 9.47 Å². The van der Waals surface area contributed by atoms with E-state index in [1.165, 1.54) is 56.6 Å². The molecule has 1 unspecified atom stereocenters. The second kappa shape index (κ2) is 9.77. The number of methoxy groups -OCH3 is 3. The summed E-state index contributed by atoms with van der Waals surface area (Å²) in [6.07, 6.45) is 0. The number of carbonyl (C=O) groups is 2. The van der Waals surface area contributed by atoms with Crippen molar-refractivity contribution >= 4 is 40.7 Å². The van der Waals surface area contributed by atoms with Gasteiger partial charge in [0.25, 0.3) is 11.7 Å². The first-order chi connectivity index (χ1) is 15.3. The molecule has 1 atom stereocenters. The van der Waals surface area contributed by atoms with Gasteiger partial charge in [-0.15, -0.1) is 0 Å². The summed E-state index contributed by atoms with van der Waals surface area (Å²) >= 11 is 12.5. The Balaban J connectivity index is 2.27. The molecule has 2 aromatic carbocycles. The number of nitrogens with zero attached hydrogens (tertiary/aromatic N) is 1. The standard InChI is InChI=1S/C22H20Cl2FNO6/c1-30-9-8-26-17(11-4-6-12(25)7-5-11)15(19(28)22(26)29)18(27)13-10-14(23)21(32-3)16(24)20(13)31-2/h4-7,10,17,27H,8-9H2,1-3H3/b18-15+. The van der Waals surface area contributed by atoms with Gasteiger partial charge in [-0.1, -0.05) is 35.3 Å². The van der Waals surface area contributed by atoms with Crippen LogP contribution in [0.3, 0.4) is 0 Å². The lowest BCUT2D eigenvalue weighted by atomic mass is 9.95. The number of amides is 1. The largest absolute Gasteiger partial charge is 0.507 e. The minimum atomic E-state index is -0.991. The van der Waals surface area contributed by atoms with Crippen LogP contribution in [0.5, 0.6) is 11.5 Å². The van der Waals surface area contributed by atoms with Crippen LogP contribution >= 0.6 is 23.2 Å². The molecule has 0 bridgehead atoms. The number of likely N-dealkylation sites (tertiary alicyclic amines) is 1. The van der Waals surface area contributed by atoms with Crippen molar-refractivity contribution in [1.29, 1.82) is 0 Å². The molecule has 170 valence electrons. The van der Waals surface area contributed by atoms with Gasteiger partial charge in [-0.2, -0.15) is 0 Å². The highest BCUT2D eigenvalue weighted by atomic mass is 35.5. The molecule has 0 aliphatic carbocycles. The summed E-state index contributed by atoms with van der Waals surface area (Å²) in [5.74, 6) is -2.65. The van der Waals surface area contributed by atoms with Gasteiger partial charge in [-0.25, -0.2) is 4.39 Å². The van der Waals surface area contributed by atoms with Crippen molar-refractivity contribution in [2.75, 3.05) is 34.5 Å². The molecule has 32 heavy (non-hydrogen) atoms. The fraction of sp³-hybridized carbons (Fsp3) is 0.273. The Morgan fingerprint density at radius 3 is 2.28 bits per heavy atom. The first-order valence-electron chi connectivity index (χ1n) is 9.39. The van der Waals surface area contributed by atoms with Crippen molar-refractivity contribution < 1.29 is 33.3 Å². The van der Waals surface area contributed by atoms with Crippen molar-refractivity contribution in [2.24, 2.45) is 0 Å². The van der Waals surface area contributed by atoms with E-state index < -0.39 is 29.3 Å². The number of carbonyl (C=O) groups excluding carboxylic acids is 2. The molecule has 1 fully saturated rings. The predicted molar refractivity (Wildman–Crippen MR) is 117 cm³/mol. The van der Waals surface area contributed by atoms with Crippen LogP contribution in [-0.4, -0.2) is 56.2 Å². The van der Waals surface area contributed by atoms with Crippen LogP contribution in [-0.2, 0) is 14.3 Å². The number of aliphatic hydroxyl groups excluding tert-OH is 1. The number of halogens is 3. The van der Waals surface area contributed by atoms with Gasteiger partial charge in [-0.05, 0) is 23.8 Å². The summed E-state index contributed by atoms with van der Waals surface area (Å²) in [5.41, 5.74) is 0.210.